The van der Waals surface area contributed by atoms with Crippen LogP contribution in [0.15, 0.2) is 28.7 Å². The zero-order valence-electron chi connectivity index (χ0n) is 15.2. The van der Waals surface area contributed by atoms with Gasteiger partial charge in [0.2, 0.25) is 0 Å². The van der Waals surface area contributed by atoms with E-state index in [-0.39, 0.29) is 23.8 Å². The number of amides is 1. The maximum atomic E-state index is 12.7. The molecule has 0 saturated heterocycles. The summed E-state index contributed by atoms with van der Waals surface area (Å²) < 4.78 is 6.37. The molecular weight excluding hydrogens is 394 g/mol. The van der Waals surface area contributed by atoms with Crippen LogP contribution < -0.4 is 5.32 Å². The third-order valence-electron chi connectivity index (χ3n) is 6.37. The summed E-state index contributed by atoms with van der Waals surface area (Å²) in [7, 11) is 0. The second kappa shape index (κ2) is 6.99. The Morgan fingerprint density at radius 3 is 2.19 bits per heavy atom. The van der Waals surface area contributed by atoms with Crippen molar-refractivity contribution in [2.45, 2.75) is 63.5 Å². The maximum absolute atomic E-state index is 12.7. The fraction of sp³-hybridized carbons (Fsp3) is 0.619. The lowest BCUT2D eigenvalue weighted by Gasteiger charge is -2.57. The van der Waals surface area contributed by atoms with Crippen molar-refractivity contribution < 1.29 is 14.3 Å². The number of nitrogens with one attached hydrogen (secondary N) is 1. The molecule has 1 amide bonds. The molecule has 0 radical (unpaired) electrons. The summed E-state index contributed by atoms with van der Waals surface area (Å²) in [6.45, 7) is 1.68. The molecule has 1 aromatic rings. The van der Waals surface area contributed by atoms with Crippen molar-refractivity contribution in [3.8, 4) is 0 Å². The molecule has 5 heteroatoms. The van der Waals surface area contributed by atoms with Gasteiger partial charge in [-0.25, -0.2) is 0 Å². The number of ether oxygens (including phenoxy) is 1. The normalized spacial score (nSPS) is 32.9. The summed E-state index contributed by atoms with van der Waals surface area (Å²) >= 11 is 3.38. The van der Waals surface area contributed by atoms with Gasteiger partial charge in [-0.1, -0.05) is 28.1 Å². The van der Waals surface area contributed by atoms with E-state index in [0.717, 1.165) is 47.1 Å². The van der Waals surface area contributed by atoms with Crippen LogP contribution in [0.2, 0.25) is 0 Å². The molecule has 4 nitrogen and oxygen atoms in total. The number of rotatable bonds is 5. The Labute approximate surface area is 163 Å². The molecule has 4 aliphatic rings. The third kappa shape index (κ3) is 3.83. The van der Waals surface area contributed by atoms with Crippen molar-refractivity contribution in [3.05, 3.63) is 34.3 Å². The molecular formula is C21H26BrNO3. The average Bonchev–Trinajstić information content (AvgIpc) is 2.55. The first kappa shape index (κ1) is 18.0. The minimum atomic E-state index is -0.744. The number of benzene rings is 1. The maximum Gasteiger partial charge on any atom is 0.311 e. The van der Waals surface area contributed by atoms with Crippen molar-refractivity contribution in [2.24, 2.45) is 17.8 Å². The quantitative estimate of drug-likeness (QED) is 0.733. The van der Waals surface area contributed by atoms with E-state index in [1.807, 2.05) is 24.3 Å². The van der Waals surface area contributed by atoms with E-state index in [1.54, 1.807) is 6.92 Å². The van der Waals surface area contributed by atoms with Gasteiger partial charge in [0, 0.05) is 10.0 Å². The molecule has 1 aromatic carbocycles. The van der Waals surface area contributed by atoms with Gasteiger partial charge in [-0.2, -0.15) is 0 Å². The molecule has 4 bridgehead atoms. The van der Waals surface area contributed by atoms with Crippen LogP contribution in [0.25, 0.3) is 0 Å². The van der Waals surface area contributed by atoms with Gasteiger partial charge in [-0.3, -0.25) is 9.59 Å². The Morgan fingerprint density at radius 1 is 1.12 bits per heavy atom. The van der Waals surface area contributed by atoms with Crippen LogP contribution in [0.4, 0.5) is 0 Å². The molecule has 1 atom stereocenters. The standard InChI is InChI=1S/C21H26BrNO3/c1-13(26-19(24)9-14-2-4-18(22)5-3-14)20(25)23-21-10-15-6-16(11-21)8-17(7-15)12-21/h2-5,13,15-17H,6-12H2,1H3,(H,23,25)/t13-,15?,16?,17?,21?/m1/s1. The molecule has 4 aliphatic carbocycles. The Balaban J connectivity index is 1.32. The van der Waals surface area contributed by atoms with E-state index in [4.69, 9.17) is 4.74 Å². The summed E-state index contributed by atoms with van der Waals surface area (Å²) in [5.41, 5.74) is 0.838. The zero-order chi connectivity index (χ0) is 18.3. The molecule has 4 fully saturated rings. The van der Waals surface area contributed by atoms with Crippen molar-refractivity contribution >= 4 is 27.8 Å². The smallest absolute Gasteiger partial charge is 0.311 e. The van der Waals surface area contributed by atoms with E-state index >= 15 is 0 Å². The van der Waals surface area contributed by atoms with E-state index in [2.05, 4.69) is 21.2 Å². The van der Waals surface area contributed by atoms with Gasteiger partial charge >= 0.3 is 5.97 Å². The predicted octanol–water partition coefficient (Wildman–Crippen LogP) is 4.01. The van der Waals surface area contributed by atoms with Gasteiger partial charge in [0.05, 0.1) is 6.42 Å². The van der Waals surface area contributed by atoms with Crippen LogP contribution in [-0.2, 0) is 20.7 Å². The molecule has 4 saturated carbocycles. The zero-order valence-corrected chi connectivity index (χ0v) is 16.8. The Kier molecular flexibility index (Phi) is 4.84. The van der Waals surface area contributed by atoms with Crippen molar-refractivity contribution in [1.82, 2.24) is 5.32 Å². The second-order valence-electron chi connectivity index (χ2n) is 8.62. The van der Waals surface area contributed by atoms with E-state index in [9.17, 15) is 9.59 Å². The van der Waals surface area contributed by atoms with Crippen LogP contribution in [-0.4, -0.2) is 23.5 Å². The summed E-state index contributed by atoms with van der Waals surface area (Å²) in [6, 6.07) is 7.55. The highest BCUT2D eigenvalue weighted by Crippen LogP contribution is 2.55. The second-order valence-corrected chi connectivity index (χ2v) is 9.54. The Morgan fingerprint density at radius 2 is 1.65 bits per heavy atom. The van der Waals surface area contributed by atoms with Crippen LogP contribution in [0.1, 0.15) is 51.0 Å². The van der Waals surface area contributed by atoms with Gasteiger partial charge in [0.25, 0.3) is 5.91 Å². The first-order valence-electron chi connectivity index (χ1n) is 9.67. The molecule has 0 unspecified atom stereocenters. The summed E-state index contributed by atoms with van der Waals surface area (Å²) in [5, 5.41) is 3.28. The fourth-order valence-electron chi connectivity index (χ4n) is 5.69. The van der Waals surface area contributed by atoms with E-state index < -0.39 is 6.10 Å². The summed E-state index contributed by atoms with van der Waals surface area (Å²) in [4.78, 5) is 24.8. The number of carbonyl (C=O) groups excluding carboxylic acids is 2. The third-order valence-corrected chi connectivity index (χ3v) is 6.89. The molecule has 0 heterocycles. The van der Waals surface area contributed by atoms with Gasteiger partial charge in [-0.15, -0.1) is 0 Å². The minimum Gasteiger partial charge on any atom is -0.452 e. The van der Waals surface area contributed by atoms with Gasteiger partial charge in [-0.05, 0) is 80.9 Å². The first-order chi connectivity index (χ1) is 12.4. The largest absolute Gasteiger partial charge is 0.452 e. The van der Waals surface area contributed by atoms with Gasteiger partial charge in [0.1, 0.15) is 0 Å². The molecule has 1 N–H and O–H groups in total. The average molecular weight is 420 g/mol. The van der Waals surface area contributed by atoms with Crippen molar-refractivity contribution in [3.63, 3.8) is 0 Å². The number of hydrogen-bond donors (Lipinski definition) is 1. The van der Waals surface area contributed by atoms with Gasteiger partial charge < -0.3 is 10.1 Å². The van der Waals surface area contributed by atoms with Crippen LogP contribution >= 0.6 is 15.9 Å². The topological polar surface area (TPSA) is 55.4 Å². The van der Waals surface area contributed by atoms with Gasteiger partial charge in [0.15, 0.2) is 6.10 Å². The summed E-state index contributed by atoms with van der Waals surface area (Å²) in [6.07, 6.45) is 6.76. The highest BCUT2D eigenvalue weighted by Gasteiger charge is 2.51. The molecule has 0 aliphatic heterocycles. The molecule has 26 heavy (non-hydrogen) atoms. The van der Waals surface area contributed by atoms with E-state index in [1.165, 1.54) is 19.3 Å². The Bertz CT molecular complexity index is 664. The van der Waals surface area contributed by atoms with E-state index in [0.29, 0.717) is 0 Å². The first-order valence-corrected chi connectivity index (χ1v) is 10.5. The van der Waals surface area contributed by atoms with Crippen molar-refractivity contribution in [1.29, 1.82) is 0 Å². The monoisotopic (exact) mass is 419 g/mol. The predicted molar refractivity (Wildman–Crippen MR) is 102 cm³/mol. The number of carbonyl (C=O) groups is 2. The summed E-state index contributed by atoms with van der Waals surface area (Å²) in [5.74, 6) is 1.82. The van der Waals surface area contributed by atoms with Crippen LogP contribution in [0.5, 0.6) is 0 Å². The number of hydrogen-bond acceptors (Lipinski definition) is 3. The highest BCUT2D eigenvalue weighted by atomic mass is 79.9. The SMILES string of the molecule is C[C@@H](OC(=O)Cc1ccc(Br)cc1)C(=O)NC12CC3CC(CC(C3)C1)C2. The Hall–Kier alpha value is -1.36. The number of halogens is 1. The minimum absolute atomic E-state index is 0.0434. The molecule has 0 aromatic heterocycles. The molecule has 0 spiro atoms. The highest BCUT2D eigenvalue weighted by molar-refractivity contribution is 9.10. The lowest BCUT2D eigenvalue weighted by atomic mass is 9.53. The van der Waals surface area contributed by atoms with Crippen molar-refractivity contribution in [2.75, 3.05) is 0 Å². The lowest BCUT2D eigenvalue weighted by Crippen LogP contribution is -2.61. The fourth-order valence-corrected chi connectivity index (χ4v) is 5.95. The molecule has 140 valence electrons. The van der Waals surface area contributed by atoms with Crippen LogP contribution in [0, 0.1) is 17.8 Å². The lowest BCUT2D eigenvalue weighted by molar-refractivity contribution is -0.156. The molecule has 5 rings (SSSR count). The number of esters is 1. The van der Waals surface area contributed by atoms with Crippen LogP contribution in [0.3, 0.4) is 0 Å².